The van der Waals surface area contributed by atoms with E-state index in [0.717, 1.165) is 37.9 Å². The van der Waals surface area contributed by atoms with E-state index in [0.29, 0.717) is 32.6 Å². The summed E-state index contributed by atoms with van der Waals surface area (Å²) < 4.78 is 12.3. The number of hydrogen-bond donors (Lipinski definition) is 2. The van der Waals surface area contributed by atoms with Crippen molar-refractivity contribution in [2.45, 2.75) is 121 Å². The van der Waals surface area contributed by atoms with E-state index in [4.69, 9.17) is 9.47 Å². The SMILES string of the molecule is CCCCCCCCCCCCC1CCC(=O)NC(C(O)c2ccccc2)CN2CCC(C2)OCCO1. The summed E-state index contributed by atoms with van der Waals surface area (Å²) in [4.78, 5) is 15.3. The van der Waals surface area contributed by atoms with Crippen LogP contribution in [0.5, 0.6) is 0 Å². The van der Waals surface area contributed by atoms with Gasteiger partial charge in [0.25, 0.3) is 0 Å². The zero-order chi connectivity index (χ0) is 26.1. The van der Waals surface area contributed by atoms with Crippen LogP contribution in [0.4, 0.5) is 0 Å². The first kappa shape index (κ1) is 30.1. The molecule has 1 aromatic rings. The van der Waals surface area contributed by atoms with Gasteiger partial charge in [0.1, 0.15) is 6.10 Å². The lowest BCUT2D eigenvalue weighted by Gasteiger charge is -2.29. The summed E-state index contributed by atoms with van der Waals surface area (Å²) in [5.41, 5.74) is 0.836. The number of carbonyl (C=O) groups is 1. The molecule has 1 amide bonds. The fraction of sp³-hybridized carbons (Fsp3) is 0.774. The minimum atomic E-state index is -0.739. The maximum absolute atomic E-state index is 13.0. The van der Waals surface area contributed by atoms with Crippen molar-refractivity contribution < 1.29 is 19.4 Å². The highest BCUT2D eigenvalue weighted by Gasteiger charge is 2.30. The number of unbranched alkanes of at least 4 members (excludes halogenated alkanes) is 9. The summed E-state index contributed by atoms with van der Waals surface area (Å²) in [6.45, 7) is 5.84. The number of nitrogens with one attached hydrogen (secondary N) is 1. The number of aliphatic hydroxyl groups excluding tert-OH is 1. The molecule has 6 nitrogen and oxygen atoms in total. The molecule has 2 heterocycles. The Balaban J connectivity index is 1.46. The molecule has 5 atom stereocenters. The Kier molecular flexibility index (Phi) is 14.6. The number of rotatable bonds is 13. The van der Waals surface area contributed by atoms with Crippen molar-refractivity contribution in [3.8, 4) is 0 Å². The largest absolute Gasteiger partial charge is 0.386 e. The molecular weight excluding hydrogens is 464 g/mol. The van der Waals surface area contributed by atoms with E-state index in [-0.39, 0.29) is 24.2 Å². The number of fused-ring (bicyclic) bond motifs is 2. The number of ether oxygens (including phenoxy) is 2. The van der Waals surface area contributed by atoms with E-state index in [1.54, 1.807) is 0 Å². The fourth-order valence-corrected chi connectivity index (χ4v) is 5.66. The van der Waals surface area contributed by atoms with Crippen LogP contribution in [-0.4, -0.2) is 67.0 Å². The Morgan fingerprint density at radius 2 is 1.59 bits per heavy atom. The molecule has 210 valence electrons. The van der Waals surface area contributed by atoms with Crippen LogP contribution < -0.4 is 5.32 Å². The van der Waals surface area contributed by atoms with Gasteiger partial charge in [0.2, 0.25) is 5.91 Å². The van der Waals surface area contributed by atoms with Gasteiger partial charge in [-0.25, -0.2) is 0 Å². The molecule has 2 bridgehead atoms. The molecule has 2 N–H and O–H groups in total. The van der Waals surface area contributed by atoms with Gasteiger partial charge in [-0.15, -0.1) is 0 Å². The van der Waals surface area contributed by atoms with E-state index < -0.39 is 6.10 Å². The van der Waals surface area contributed by atoms with Crippen LogP contribution in [0.2, 0.25) is 0 Å². The summed E-state index contributed by atoms with van der Waals surface area (Å²) in [6.07, 6.45) is 15.8. The fourth-order valence-electron chi connectivity index (χ4n) is 5.66. The third-order valence-electron chi connectivity index (χ3n) is 7.92. The van der Waals surface area contributed by atoms with Gasteiger partial charge >= 0.3 is 0 Å². The second-order valence-electron chi connectivity index (χ2n) is 11.1. The molecule has 2 aliphatic heterocycles. The highest BCUT2D eigenvalue weighted by Crippen LogP contribution is 2.22. The van der Waals surface area contributed by atoms with Crippen molar-refractivity contribution in [3.05, 3.63) is 35.9 Å². The summed E-state index contributed by atoms with van der Waals surface area (Å²) in [5.74, 6) is 0.000658. The standard InChI is InChI=1S/C31H52N2O4/c1-2-3-4-5-6-7-8-9-10-14-17-27-18-19-30(34)32-29(31(35)26-15-12-11-13-16-26)25-33-21-20-28(24-33)37-23-22-36-27/h11-13,15-16,27-29,31,35H,2-10,14,17-25H2,1H3,(H,32,34). The zero-order valence-corrected chi connectivity index (χ0v) is 23.3. The van der Waals surface area contributed by atoms with E-state index in [1.165, 1.54) is 57.8 Å². The number of aliphatic hydroxyl groups is 1. The molecule has 2 fully saturated rings. The first-order chi connectivity index (χ1) is 18.2. The molecule has 37 heavy (non-hydrogen) atoms. The number of benzene rings is 1. The number of amides is 1. The van der Waals surface area contributed by atoms with Crippen molar-refractivity contribution in [2.75, 3.05) is 32.8 Å². The molecule has 0 aromatic heterocycles. The molecule has 0 aliphatic carbocycles. The lowest BCUT2D eigenvalue weighted by Crippen LogP contribution is -2.47. The average Bonchev–Trinajstić information content (AvgIpc) is 3.36. The topological polar surface area (TPSA) is 71.0 Å². The lowest BCUT2D eigenvalue weighted by atomic mass is 10.0. The minimum Gasteiger partial charge on any atom is -0.386 e. The molecule has 0 spiro atoms. The lowest BCUT2D eigenvalue weighted by molar-refractivity contribution is -0.124. The van der Waals surface area contributed by atoms with E-state index >= 15 is 0 Å². The average molecular weight is 517 g/mol. The first-order valence-corrected chi connectivity index (χ1v) is 15.1. The van der Waals surface area contributed by atoms with Crippen molar-refractivity contribution in [3.63, 3.8) is 0 Å². The Labute approximate surface area is 225 Å². The molecule has 0 radical (unpaired) electrons. The molecular formula is C31H52N2O4. The predicted octanol–water partition coefficient (Wildman–Crippen LogP) is 5.79. The highest BCUT2D eigenvalue weighted by atomic mass is 16.5. The molecule has 2 saturated heterocycles. The van der Waals surface area contributed by atoms with Crippen molar-refractivity contribution in [2.24, 2.45) is 0 Å². The van der Waals surface area contributed by atoms with Crippen molar-refractivity contribution >= 4 is 5.91 Å². The van der Waals surface area contributed by atoms with Gasteiger partial charge in [-0.1, -0.05) is 101 Å². The second-order valence-corrected chi connectivity index (χ2v) is 11.1. The van der Waals surface area contributed by atoms with Crippen LogP contribution in [0.25, 0.3) is 0 Å². The summed E-state index contributed by atoms with van der Waals surface area (Å²) in [6, 6.07) is 9.30. The smallest absolute Gasteiger partial charge is 0.220 e. The molecule has 3 rings (SSSR count). The van der Waals surface area contributed by atoms with Crippen LogP contribution in [0, 0.1) is 0 Å². The van der Waals surface area contributed by atoms with Crippen LogP contribution >= 0.6 is 0 Å². The van der Waals surface area contributed by atoms with Crippen LogP contribution in [0.1, 0.15) is 108 Å². The van der Waals surface area contributed by atoms with Crippen molar-refractivity contribution in [1.82, 2.24) is 10.2 Å². The summed E-state index contributed by atoms with van der Waals surface area (Å²) in [5, 5.41) is 14.3. The van der Waals surface area contributed by atoms with Gasteiger partial charge in [0, 0.05) is 26.1 Å². The van der Waals surface area contributed by atoms with Crippen molar-refractivity contribution in [1.29, 1.82) is 0 Å². The van der Waals surface area contributed by atoms with Gasteiger partial charge in [-0.05, 0) is 24.8 Å². The molecule has 1 aromatic carbocycles. The summed E-state index contributed by atoms with van der Waals surface area (Å²) >= 11 is 0. The van der Waals surface area contributed by atoms with E-state index in [1.807, 2.05) is 30.3 Å². The second kappa shape index (κ2) is 17.9. The zero-order valence-electron chi connectivity index (χ0n) is 23.3. The monoisotopic (exact) mass is 516 g/mol. The number of nitrogens with zero attached hydrogens (tertiary/aromatic N) is 1. The van der Waals surface area contributed by atoms with Crippen LogP contribution in [0.3, 0.4) is 0 Å². The van der Waals surface area contributed by atoms with Crippen LogP contribution in [0.15, 0.2) is 30.3 Å². The summed E-state index contributed by atoms with van der Waals surface area (Å²) in [7, 11) is 0. The molecule has 0 saturated carbocycles. The third-order valence-corrected chi connectivity index (χ3v) is 7.92. The van der Waals surface area contributed by atoms with Crippen LogP contribution in [-0.2, 0) is 14.3 Å². The first-order valence-electron chi connectivity index (χ1n) is 15.1. The Hall–Kier alpha value is -1.47. The molecule has 2 aliphatic rings. The van der Waals surface area contributed by atoms with E-state index in [2.05, 4.69) is 17.1 Å². The number of carbonyl (C=O) groups excluding carboxylic acids is 1. The Morgan fingerprint density at radius 3 is 2.32 bits per heavy atom. The van der Waals surface area contributed by atoms with Gasteiger partial charge in [-0.2, -0.15) is 0 Å². The quantitative estimate of drug-likeness (QED) is 0.325. The van der Waals surface area contributed by atoms with E-state index in [9.17, 15) is 9.90 Å². The normalized spacial score (nSPS) is 26.4. The van der Waals surface area contributed by atoms with Gasteiger partial charge in [0.15, 0.2) is 0 Å². The van der Waals surface area contributed by atoms with Gasteiger partial charge in [0.05, 0.1) is 31.5 Å². The molecule has 6 heteroatoms. The van der Waals surface area contributed by atoms with Gasteiger partial charge in [-0.3, -0.25) is 9.69 Å². The third kappa shape index (κ3) is 11.8. The Morgan fingerprint density at radius 1 is 0.919 bits per heavy atom. The predicted molar refractivity (Wildman–Crippen MR) is 150 cm³/mol. The van der Waals surface area contributed by atoms with Gasteiger partial charge < -0.3 is 19.9 Å². The minimum absolute atomic E-state index is 0.000658. The number of hydrogen-bond acceptors (Lipinski definition) is 5. The maximum atomic E-state index is 13.0. The Bertz CT molecular complexity index is 731. The highest BCUT2D eigenvalue weighted by molar-refractivity contribution is 5.76. The maximum Gasteiger partial charge on any atom is 0.220 e. The molecule has 5 unspecified atom stereocenters.